The predicted octanol–water partition coefficient (Wildman–Crippen LogP) is 4.89. The Hall–Kier alpha value is -1.39. The number of hydrogen-bond acceptors (Lipinski definition) is 2. The minimum Gasteiger partial charge on any atom is -0.484 e. The van der Waals surface area contributed by atoms with Gasteiger partial charge in [-0.15, -0.1) is 0 Å². The van der Waals surface area contributed by atoms with Crippen molar-refractivity contribution in [2.24, 2.45) is 5.92 Å². The summed E-state index contributed by atoms with van der Waals surface area (Å²) in [4.78, 5) is 0. The van der Waals surface area contributed by atoms with Crippen LogP contribution in [0.4, 0.5) is 8.78 Å². The molecule has 0 atom stereocenters. The number of benzene rings is 1. The van der Waals surface area contributed by atoms with Gasteiger partial charge in [-0.05, 0) is 63.4 Å². The molecule has 23 heavy (non-hydrogen) atoms. The number of hydrogen-bond donors (Lipinski definition) is 1. The molecular weight excluding hydrogens is 320 g/mol. The van der Waals surface area contributed by atoms with Crippen LogP contribution in [0.5, 0.6) is 5.75 Å². The van der Waals surface area contributed by atoms with Crippen molar-refractivity contribution in [3.05, 3.63) is 52.1 Å². The smallest absolute Gasteiger partial charge is 0.177 e. The third-order valence-corrected chi connectivity index (χ3v) is 4.55. The lowest BCUT2D eigenvalue weighted by Crippen LogP contribution is -2.28. The molecule has 0 saturated carbocycles. The van der Waals surface area contributed by atoms with E-state index in [-0.39, 0.29) is 17.4 Å². The molecule has 1 N–H and O–H groups in total. The lowest BCUT2D eigenvalue weighted by Gasteiger charge is -2.25. The van der Waals surface area contributed by atoms with Crippen LogP contribution in [0.25, 0.3) is 0 Å². The standard InChI is InChI=1S/C18H22ClF2NO/c1-3-4-14(12(2)13-7-9-22-10-8-13)11-23-18-16(21)6-5-15(20)17(18)19/h3-6,13,22H,7-11H2,1-2H3/b4-3-,14-12-. The predicted molar refractivity (Wildman–Crippen MR) is 90.0 cm³/mol. The molecule has 0 amide bonds. The summed E-state index contributed by atoms with van der Waals surface area (Å²) in [5.41, 5.74) is 2.22. The second-order valence-corrected chi connectivity index (χ2v) is 6.07. The van der Waals surface area contributed by atoms with Gasteiger partial charge in [-0.3, -0.25) is 0 Å². The summed E-state index contributed by atoms with van der Waals surface area (Å²) in [5.74, 6) is -1.09. The second kappa shape index (κ2) is 8.46. The highest BCUT2D eigenvalue weighted by Gasteiger charge is 2.18. The van der Waals surface area contributed by atoms with E-state index in [1.807, 2.05) is 19.1 Å². The van der Waals surface area contributed by atoms with E-state index >= 15 is 0 Å². The van der Waals surface area contributed by atoms with Gasteiger partial charge >= 0.3 is 0 Å². The van der Waals surface area contributed by atoms with Crippen molar-refractivity contribution in [3.63, 3.8) is 0 Å². The van der Waals surface area contributed by atoms with Crippen LogP contribution in [-0.4, -0.2) is 19.7 Å². The van der Waals surface area contributed by atoms with Crippen LogP contribution >= 0.6 is 11.6 Å². The lowest BCUT2D eigenvalue weighted by atomic mass is 9.88. The lowest BCUT2D eigenvalue weighted by molar-refractivity contribution is 0.328. The van der Waals surface area contributed by atoms with E-state index in [1.165, 1.54) is 5.57 Å². The van der Waals surface area contributed by atoms with Gasteiger partial charge in [-0.2, -0.15) is 0 Å². The Morgan fingerprint density at radius 2 is 1.96 bits per heavy atom. The maximum atomic E-state index is 13.8. The summed E-state index contributed by atoms with van der Waals surface area (Å²) < 4.78 is 32.8. The number of halogens is 3. The highest BCUT2D eigenvalue weighted by atomic mass is 35.5. The number of allylic oxidation sites excluding steroid dienone is 2. The topological polar surface area (TPSA) is 21.3 Å². The average molecular weight is 342 g/mol. The third kappa shape index (κ3) is 4.55. The molecule has 0 spiro atoms. The monoisotopic (exact) mass is 341 g/mol. The molecule has 126 valence electrons. The Morgan fingerprint density at radius 1 is 1.30 bits per heavy atom. The van der Waals surface area contributed by atoms with Crippen molar-refractivity contribution >= 4 is 11.6 Å². The Labute approximate surface area is 141 Å². The molecule has 5 heteroatoms. The second-order valence-electron chi connectivity index (χ2n) is 5.69. The van der Waals surface area contributed by atoms with Gasteiger partial charge in [-0.1, -0.05) is 29.3 Å². The third-order valence-electron chi connectivity index (χ3n) is 4.20. The molecule has 0 unspecified atom stereocenters. The molecular formula is C18H22ClF2NO. The molecule has 2 rings (SSSR count). The van der Waals surface area contributed by atoms with E-state index in [0.29, 0.717) is 5.92 Å². The molecule has 1 aliphatic heterocycles. The SMILES string of the molecule is C/C=C\C(COc1c(F)ccc(F)c1Cl)=C(/C)C1CCNCC1. The van der Waals surface area contributed by atoms with E-state index in [0.717, 1.165) is 43.6 Å². The first-order valence-electron chi connectivity index (χ1n) is 7.84. The normalized spacial score (nSPS) is 17.4. The zero-order chi connectivity index (χ0) is 16.8. The van der Waals surface area contributed by atoms with Crippen molar-refractivity contribution in [2.75, 3.05) is 19.7 Å². The number of piperidine rings is 1. The maximum absolute atomic E-state index is 13.8. The van der Waals surface area contributed by atoms with E-state index in [2.05, 4.69) is 12.2 Å². The maximum Gasteiger partial charge on any atom is 0.177 e. The van der Waals surface area contributed by atoms with Crippen LogP contribution in [0.1, 0.15) is 26.7 Å². The summed E-state index contributed by atoms with van der Waals surface area (Å²) in [6, 6.07) is 2.02. The minimum absolute atomic E-state index is 0.167. The van der Waals surface area contributed by atoms with E-state index in [1.54, 1.807) is 0 Å². The molecule has 1 aliphatic rings. The summed E-state index contributed by atoms with van der Waals surface area (Å²) in [6.07, 6.45) is 6.03. The first-order chi connectivity index (χ1) is 11.0. The first kappa shape index (κ1) is 18.0. The van der Waals surface area contributed by atoms with Crippen molar-refractivity contribution in [2.45, 2.75) is 26.7 Å². The van der Waals surface area contributed by atoms with E-state index < -0.39 is 11.6 Å². The molecule has 0 aromatic heterocycles. The van der Waals surface area contributed by atoms with Crippen molar-refractivity contribution < 1.29 is 13.5 Å². The Kier molecular flexibility index (Phi) is 6.60. The van der Waals surface area contributed by atoms with Crippen molar-refractivity contribution in [1.29, 1.82) is 0 Å². The fourth-order valence-corrected chi connectivity index (χ4v) is 3.01. The summed E-state index contributed by atoms with van der Waals surface area (Å²) in [6.45, 7) is 6.16. The van der Waals surface area contributed by atoms with Crippen LogP contribution in [0, 0.1) is 17.6 Å². The molecule has 0 radical (unpaired) electrons. The zero-order valence-electron chi connectivity index (χ0n) is 13.5. The Morgan fingerprint density at radius 3 is 2.61 bits per heavy atom. The minimum atomic E-state index is -0.685. The fraction of sp³-hybridized carbons (Fsp3) is 0.444. The molecule has 1 aromatic rings. The van der Waals surface area contributed by atoms with Crippen molar-refractivity contribution in [1.82, 2.24) is 5.32 Å². The molecule has 0 aliphatic carbocycles. The highest BCUT2D eigenvalue weighted by molar-refractivity contribution is 6.32. The molecule has 0 bridgehead atoms. The van der Waals surface area contributed by atoms with Gasteiger partial charge in [-0.25, -0.2) is 8.78 Å². The zero-order valence-corrected chi connectivity index (χ0v) is 14.2. The molecule has 1 aromatic carbocycles. The average Bonchev–Trinajstić information content (AvgIpc) is 2.57. The fourth-order valence-electron chi connectivity index (χ4n) is 2.80. The molecule has 2 nitrogen and oxygen atoms in total. The van der Waals surface area contributed by atoms with Gasteiger partial charge in [0.2, 0.25) is 0 Å². The first-order valence-corrected chi connectivity index (χ1v) is 8.21. The van der Waals surface area contributed by atoms with Crippen LogP contribution in [0.3, 0.4) is 0 Å². The Balaban J connectivity index is 2.19. The number of nitrogens with one attached hydrogen (secondary N) is 1. The Bertz CT molecular complexity index is 607. The van der Waals surface area contributed by atoms with Crippen LogP contribution in [0.15, 0.2) is 35.4 Å². The van der Waals surface area contributed by atoms with Crippen LogP contribution in [0.2, 0.25) is 5.02 Å². The summed E-state index contributed by atoms with van der Waals surface area (Å²) >= 11 is 5.80. The largest absolute Gasteiger partial charge is 0.484 e. The van der Waals surface area contributed by atoms with Gasteiger partial charge in [0, 0.05) is 0 Å². The van der Waals surface area contributed by atoms with Crippen LogP contribution < -0.4 is 10.1 Å². The van der Waals surface area contributed by atoms with Gasteiger partial charge in [0.1, 0.15) is 17.4 Å². The van der Waals surface area contributed by atoms with Gasteiger partial charge in [0.25, 0.3) is 0 Å². The number of rotatable bonds is 5. The summed E-state index contributed by atoms with van der Waals surface area (Å²) in [5, 5.41) is 3.02. The van der Waals surface area contributed by atoms with Gasteiger partial charge in [0.15, 0.2) is 11.6 Å². The van der Waals surface area contributed by atoms with Crippen molar-refractivity contribution in [3.8, 4) is 5.75 Å². The quantitative estimate of drug-likeness (QED) is 0.608. The molecule has 1 saturated heterocycles. The van der Waals surface area contributed by atoms with Gasteiger partial charge < -0.3 is 10.1 Å². The summed E-state index contributed by atoms with van der Waals surface area (Å²) in [7, 11) is 0. The molecule has 1 fully saturated rings. The van der Waals surface area contributed by atoms with E-state index in [4.69, 9.17) is 16.3 Å². The van der Waals surface area contributed by atoms with E-state index in [9.17, 15) is 8.78 Å². The molecule has 1 heterocycles. The highest BCUT2D eigenvalue weighted by Crippen LogP contribution is 2.31. The number of ether oxygens (including phenoxy) is 1. The van der Waals surface area contributed by atoms with Gasteiger partial charge in [0.05, 0.1) is 0 Å². The van der Waals surface area contributed by atoms with Crippen LogP contribution in [-0.2, 0) is 0 Å².